The number of rotatable bonds is 3. The summed E-state index contributed by atoms with van der Waals surface area (Å²) in [5.74, 6) is 0.417. The smallest absolute Gasteiger partial charge is 0.243 e. The molecule has 1 spiro atoms. The summed E-state index contributed by atoms with van der Waals surface area (Å²) in [5.41, 5.74) is 1.33. The molecular weight excluding hydrogens is 296 g/mol. The van der Waals surface area contributed by atoms with Gasteiger partial charge in [0.1, 0.15) is 0 Å². The van der Waals surface area contributed by atoms with E-state index in [1.54, 1.807) is 16.4 Å². The quantitative estimate of drug-likeness (QED) is 0.930. The van der Waals surface area contributed by atoms with Gasteiger partial charge in [0.2, 0.25) is 10.0 Å². The molecule has 2 aliphatic rings. The Hall–Kier alpha value is -0.910. The molecule has 4 nitrogen and oxygen atoms in total. The summed E-state index contributed by atoms with van der Waals surface area (Å²) in [7, 11) is -3.35. The van der Waals surface area contributed by atoms with Crippen molar-refractivity contribution in [3.8, 4) is 0 Å². The molecule has 2 saturated heterocycles. The fourth-order valence-corrected chi connectivity index (χ4v) is 5.21. The summed E-state index contributed by atoms with van der Waals surface area (Å²) >= 11 is 0. The molecule has 1 atom stereocenters. The second kappa shape index (κ2) is 5.95. The Morgan fingerprint density at radius 3 is 2.50 bits per heavy atom. The highest BCUT2D eigenvalue weighted by Crippen LogP contribution is 2.38. The highest BCUT2D eigenvalue weighted by Gasteiger charge is 2.43. The van der Waals surface area contributed by atoms with Gasteiger partial charge in [-0.05, 0) is 54.8 Å². The fraction of sp³-hybridized carbons (Fsp3) is 0.647. The highest BCUT2D eigenvalue weighted by molar-refractivity contribution is 7.89. The van der Waals surface area contributed by atoms with Crippen LogP contribution in [0.25, 0.3) is 0 Å². The lowest BCUT2D eigenvalue weighted by Gasteiger charge is -2.33. The van der Waals surface area contributed by atoms with Gasteiger partial charge in [0.05, 0.1) is 4.90 Å². The van der Waals surface area contributed by atoms with Crippen LogP contribution in [0.5, 0.6) is 0 Å². The number of piperidine rings is 1. The van der Waals surface area contributed by atoms with Crippen LogP contribution >= 0.6 is 0 Å². The summed E-state index contributed by atoms with van der Waals surface area (Å²) in [6.07, 6.45) is 3.26. The van der Waals surface area contributed by atoms with Crippen molar-refractivity contribution in [3.63, 3.8) is 0 Å². The van der Waals surface area contributed by atoms with Crippen molar-refractivity contribution in [2.24, 2.45) is 5.41 Å². The SMILES string of the molecule is CC(C)c1ccc(S(=O)(=O)N2CCC3(CCCNC3)C2)cc1. The van der Waals surface area contributed by atoms with Gasteiger partial charge in [0.15, 0.2) is 0 Å². The third-order valence-corrected chi connectivity index (χ3v) is 7.01. The van der Waals surface area contributed by atoms with Crippen LogP contribution in [0.3, 0.4) is 0 Å². The lowest BCUT2D eigenvalue weighted by atomic mass is 9.80. The van der Waals surface area contributed by atoms with Crippen molar-refractivity contribution in [1.29, 1.82) is 0 Å². The molecule has 0 aromatic heterocycles. The molecule has 0 radical (unpaired) electrons. The standard InChI is InChI=1S/C17H26N2O2S/c1-14(2)15-4-6-16(7-5-15)22(20,21)19-11-9-17(13-19)8-3-10-18-12-17/h4-7,14,18H,3,8-13H2,1-2H3. The molecular formula is C17H26N2O2S. The van der Waals surface area contributed by atoms with Crippen molar-refractivity contribution in [2.75, 3.05) is 26.2 Å². The van der Waals surface area contributed by atoms with Crippen LogP contribution in [0.4, 0.5) is 0 Å². The number of sulfonamides is 1. The Labute approximate surface area is 134 Å². The van der Waals surface area contributed by atoms with Gasteiger partial charge in [-0.2, -0.15) is 4.31 Å². The number of nitrogens with zero attached hydrogens (tertiary/aromatic N) is 1. The Balaban J connectivity index is 1.78. The van der Waals surface area contributed by atoms with Gasteiger partial charge in [-0.1, -0.05) is 26.0 Å². The van der Waals surface area contributed by atoms with Crippen LogP contribution in [0.1, 0.15) is 44.6 Å². The van der Waals surface area contributed by atoms with Crippen molar-refractivity contribution in [1.82, 2.24) is 9.62 Å². The van der Waals surface area contributed by atoms with Crippen LogP contribution in [-0.4, -0.2) is 38.9 Å². The Bertz CT molecular complexity index is 617. The first-order valence-corrected chi connectivity index (χ1v) is 9.68. The van der Waals surface area contributed by atoms with E-state index in [-0.39, 0.29) is 5.41 Å². The Morgan fingerprint density at radius 2 is 1.91 bits per heavy atom. The summed E-state index contributed by atoms with van der Waals surface area (Å²) in [5, 5.41) is 3.43. The summed E-state index contributed by atoms with van der Waals surface area (Å²) < 4.78 is 27.4. The van der Waals surface area contributed by atoms with Crippen LogP contribution in [-0.2, 0) is 10.0 Å². The summed E-state index contributed by atoms with van der Waals surface area (Å²) in [6.45, 7) is 7.55. The highest BCUT2D eigenvalue weighted by atomic mass is 32.2. The molecule has 0 amide bonds. The molecule has 0 saturated carbocycles. The number of nitrogens with one attached hydrogen (secondary N) is 1. The van der Waals surface area contributed by atoms with Crippen molar-refractivity contribution in [2.45, 2.75) is 43.9 Å². The van der Waals surface area contributed by atoms with Crippen LogP contribution in [0.15, 0.2) is 29.2 Å². The molecule has 5 heteroatoms. The van der Waals surface area contributed by atoms with Gasteiger partial charge >= 0.3 is 0 Å². The first-order chi connectivity index (χ1) is 10.4. The molecule has 0 bridgehead atoms. The second-order valence-corrected chi connectivity index (χ2v) is 9.03. The molecule has 22 heavy (non-hydrogen) atoms. The van der Waals surface area contributed by atoms with Crippen LogP contribution < -0.4 is 5.32 Å². The van der Waals surface area contributed by atoms with E-state index in [0.29, 0.717) is 23.9 Å². The zero-order valence-corrected chi connectivity index (χ0v) is 14.3. The monoisotopic (exact) mass is 322 g/mol. The second-order valence-electron chi connectivity index (χ2n) is 7.09. The third-order valence-electron chi connectivity index (χ3n) is 5.15. The molecule has 1 N–H and O–H groups in total. The third kappa shape index (κ3) is 2.94. The lowest BCUT2D eigenvalue weighted by molar-refractivity contribution is 0.224. The van der Waals surface area contributed by atoms with Crippen molar-refractivity contribution < 1.29 is 8.42 Å². The first kappa shape index (κ1) is 16.0. The average molecular weight is 322 g/mol. The maximum atomic E-state index is 12.8. The van der Waals surface area contributed by atoms with Crippen LogP contribution in [0.2, 0.25) is 0 Å². The minimum Gasteiger partial charge on any atom is -0.316 e. The predicted octanol–water partition coefficient (Wildman–Crippen LogP) is 2.57. The molecule has 1 aromatic rings. The van der Waals surface area contributed by atoms with Gasteiger partial charge in [0.25, 0.3) is 0 Å². The van der Waals surface area contributed by atoms with E-state index >= 15 is 0 Å². The Kier molecular flexibility index (Phi) is 4.32. The first-order valence-electron chi connectivity index (χ1n) is 8.24. The zero-order valence-electron chi connectivity index (χ0n) is 13.5. The van der Waals surface area contributed by atoms with E-state index in [9.17, 15) is 8.42 Å². The molecule has 2 aliphatic heterocycles. The van der Waals surface area contributed by atoms with Crippen LogP contribution in [0, 0.1) is 5.41 Å². The molecule has 2 fully saturated rings. The van der Waals surface area contributed by atoms with E-state index in [1.807, 2.05) is 12.1 Å². The van der Waals surface area contributed by atoms with Gasteiger partial charge in [-0.15, -0.1) is 0 Å². The number of hydrogen-bond acceptors (Lipinski definition) is 3. The number of hydrogen-bond donors (Lipinski definition) is 1. The van der Waals surface area contributed by atoms with E-state index in [0.717, 1.165) is 32.4 Å². The molecule has 122 valence electrons. The van der Waals surface area contributed by atoms with E-state index in [4.69, 9.17) is 0 Å². The van der Waals surface area contributed by atoms with E-state index in [1.165, 1.54) is 5.56 Å². The maximum Gasteiger partial charge on any atom is 0.243 e. The minimum absolute atomic E-state index is 0.156. The van der Waals surface area contributed by atoms with E-state index in [2.05, 4.69) is 19.2 Å². The topological polar surface area (TPSA) is 49.4 Å². The van der Waals surface area contributed by atoms with Gasteiger partial charge < -0.3 is 5.32 Å². The fourth-order valence-electron chi connectivity index (χ4n) is 3.65. The van der Waals surface area contributed by atoms with Crippen molar-refractivity contribution >= 4 is 10.0 Å². The maximum absolute atomic E-state index is 12.8. The summed E-state index contributed by atoms with van der Waals surface area (Å²) in [6, 6.07) is 7.39. The van der Waals surface area contributed by atoms with E-state index < -0.39 is 10.0 Å². The Morgan fingerprint density at radius 1 is 1.18 bits per heavy atom. The molecule has 3 rings (SSSR count). The molecule has 1 aromatic carbocycles. The van der Waals surface area contributed by atoms with Gasteiger partial charge in [0, 0.05) is 19.6 Å². The largest absolute Gasteiger partial charge is 0.316 e. The zero-order chi connectivity index (χ0) is 15.8. The summed E-state index contributed by atoms with van der Waals surface area (Å²) in [4.78, 5) is 0.428. The average Bonchev–Trinajstić information content (AvgIpc) is 2.92. The minimum atomic E-state index is -3.35. The van der Waals surface area contributed by atoms with Gasteiger partial charge in [-0.3, -0.25) is 0 Å². The molecule has 1 unspecified atom stereocenters. The number of benzene rings is 1. The predicted molar refractivity (Wildman–Crippen MR) is 88.4 cm³/mol. The van der Waals surface area contributed by atoms with Crippen molar-refractivity contribution in [3.05, 3.63) is 29.8 Å². The molecule has 0 aliphatic carbocycles. The van der Waals surface area contributed by atoms with Gasteiger partial charge in [-0.25, -0.2) is 8.42 Å². The normalized spacial score (nSPS) is 26.9. The molecule has 2 heterocycles. The lowest BCUT2D eigenvalue weighted by Crippen LogP contribution is -2.42.